The lowest BCUT2D eigenvalue weighted by molar-refractivity contribution is 0.0954. The number of Topliss-reactive ketones (excluding diaryl/α,β-unsaturated/α-hetero) is 1. The molecule has 1 aromatic heterocycles. The molecule has 0 amide bonds. The molecule has 1 aliphatic heterocycles. The van der Waals surface area contributed by atoms with Gasteiger partial charge in [0, 0.05) is 5.56 Å². The molecule has 2 aromatic rings. The lowest BCUT2D eigenvalue weighted by atomic mass is 10.1. The van der Waals surface area contributed by atoms with Gasteiger partial charge in [-0.1, -0.05) is 0 Å². The first-order chi connectivity index (χ1) is 7.24. The molecule has 0 spiro atoms. The molecule has 76 valence electrons. The Bertz CT molecular complexity index is 541. The molecule has 1 fully saturated rings. The van der Waals surface area contributed by atoms with Crippen molar-refractivity contribution in [3.63, 3.8) is 0 Å². The maximum absolute atomic E-state index is 11.7. The van der Waals surface area contributed by atoms with E-state index in [2.05, 4.69) is 9.97 Å². The van der Waals surface area contributed by atoms with Gasteiger partial charge in [0.1, 0.15) is 11.9 Å². The number of epoxide rings is 1. The molecule has 1 aromatic carbocycles. The topological polar surface area (TPSA) is 58.3 Å². The van der Waals surface area contributed by atoms with Crippen molar-refractivity contribution in [3.05, 3.63) is 29.6 Å². The van der Waals surface area contributed by atoms with Crippen LogP contribution >= 0.6 is 0 Å². The second-order valence-corrected chi connectivity index (χ2v) is 3.74. The van der Waals surface area contributed by atoms with Crippen LogP contribution in [0.1, 0.15) is 16.2 Å². The molecule has 2 heterocycles. The van der Waals surface area contributed by atoms with Gasteiger partial charge in [-0.05, 0) is 25.1 Å². The number of nitrogens with one attached hydrogen (secondary N) is 1. The molecule has 1 aliphatic rings. The molecule has 4 nitrogen and oxygen atoms in total. The highest BCUT2D eigenvalue weighted by atomic mass is 16.6. The predicted molar refractivity (Wildman–Crippen MR) is 54.9 cm³/mol. The fourth-order valence-corrected chi connectivity index (χ4v) is 1.68. The summed E-state index contributed by atoms with van der Waals surface area (Å²) in [6, 6.07) is 5.49. The number of ketones is 1. The molecule has 1 N–H and O–H groups in total. The van der Waals surface area contributed by atoms with Crippen molar-refractivity contribution < 1.29 is 9.53 Å². The third-order valence-corrected chi connectivity index (χ3v) is 2.51. The van der Waals surface area contributed by atoms with Crippen molar-refractivity contribution in [1.29, 1.82) is 0 Å². The van der Waals surface area contributed by atoms with Crippen LogP contribution in [0.25, 0.3) is 11.0 Å². The smallest absolute Gasteiger partial charge is 0.194 e. The Labute approximate surface area is 86.3 Å². The highest BCUT2D eigenvalue weighted by Gasteiger charge is 2.32. The van der Waals surface area contributed by atoms with Gasteiger partial charge in [-0.2, -0.15) is 0 Å². The number of imidazole rings is 1. The fraction of sp³-hybridized carbons (Fsp3) is 0.273. The van der Waals surface area contributed by atoms with E-state index >= 15 is 0 Å². The molecule has 15 heavy (non-hydrogen) atoms. The summed E-state index contributed by atoms with van der Waals surface area (Å²) in [5, 5.41) is 0. The highest BCUT2D eigenvalue weighted by Crippen LogP contribution is 2.19. The van der Waals surface area contributed by atoms with Gasteiger partial charge < -0.3 is 9.72 Å². The Hall–Kier alpha value is -1.68. The molecular weight excluding hydrogens is 192 g/mol. The third-order valence-electron chi connectivity index (χ3n) is 2.51. The number of carbonyl (C=O) groups excluding carboxylic acids is 1. The number of benzene rings is 1. The molecule has 3 rings (SSSR count). The zero-order valence-electron chi connectivity index (χ0n) is 8.28. The number of hydrogen-bond acceptors (Lipinski definition) is 3. The lowest BCUT2D eigenvalue weighted by Gasteiger charge is -1.96. The number of nitrogens with zero attached hydrogens (tertiary/aromatic N) is 1. The zero-order valence-corrected chi connectivity index (χ0v) is 8.28. The van der Waals surface area contributed by atoms with Crippen molar-refractivity contribution >= 4 is 16.8 Å². The fourth-order valence-electron chi connectivity index (χ4n) is 1.68. The van der Waals surface area contributed by atoms with E-state index in [0.29, 0.717) is 12.2 Å². The van der Waals surface area contributed by atoms with Crippen LogP contribution in [0.15, 0.2) is 18.2 Å². The van der Waals surface area contributed by atoms with Crippen molar-refractivity contribution in [3.8, 4) is 0 Å². The van der Waals surface area contributed by atoms with E-state index in [1.165, 1.54) is 0 Å². The Morgan fingerprint density at radius 1 is 1.60 bits per heavy atom. The Morgan fingerprint density at radius 2 is 2.40 bits per heavy atom. The summed E-state index contributed by atoms with van der Waals surface area (Å²) in [4.78, 5) is 19.1. The number of aryl methyl sites for hydroxylation is 1. The number of ether oxygens (including phenoxy) is 1. The van der Waals surface area contributed by atoms with E-state index in [9.17, 15) is 4.79 Å². The number of H-pyrrole nitrogens is 1. The van der Waals surface area contributed by atoms with Crippen molar-refractivity contribution in [2.75, 3.05) is 6.61 Å². The molecule has 0 aliphatic carbocycles. The highest BCUT2D eigenvalue weighted by molar-refractivity contribution is 6.02. The first-order valence-corrected chi connectivity index (χ1v) is 4.86. The summed E-state index contributed by atoms with van der Waals surface area (Å²) < 4.78 is 4.97. The largest absolute Gasteiger partial charge is 0.364 e. The SMILES string of the molecule is Cc1nc2ccc(C(=O)C3CO3)cc2[nH]1. The first-order valence-electron chi connectivity index (χ1n) is 4.86. The van der Waals surface area contributed by atoms with Crippen LogP contribution in [-0.2, 0) is 4.74 Å². The van der Waals surface area contributed by atoms with Crippen LogP contribution in [0.4, 0.5) is 0 Å². The molecule has 0 saturated carbocycles. The van der Waals surface area contributed by atoms with Gasteiger partial charge >= 0.3 is 0 Å². The third kappa shape index (κ3) is 1.43. The number of aromatic amines is 1. The van der Waals surface area contributed by atoms with E-state index in [-0.39, 0.29) is 11.9 Å². The number of hydrogen-bond donors (Lipinski definition) is 1. The molecule has 0 radical (unpaired) electrons. The van der Waals surface area contributed by atoms with Gasteiger partial charge in [-0.25, -0.2) is 4.98 Å². The van der Waals surface area contributed by atoms with E-state index < -0.39 is 0 Å². The number of fused-ring (bicyclic) bond motifs is 1. The molecule has 0 bridgehead atoms. The second-order valence-electron chi connectivity index (χ2n) is 3.74. The van der Waals surface area contributed by atoms with Gasteiger partial charge in [-0.3, -0.25) is 4.79 Å². The normalized spacial score (nSPS) is 19.4. The minimum atomic E-state index is -0.216. The van der Waals surface area contributed by atoms with Crippen molar-refractivity contribution in [1.82, 2.24) is 9.97 Å². The minimum Gasteiger partial charge on any atom is -0.364 e. The predicted octanol–water partition coefficient (Wildman–Crippen LogP) is 1.45. The molecule has 1 atom stereocenters. The summed E-state index contributed by atoms with van der Waals surface area (Å²) in [5.41, 5.74) is 2.48. The van der Waals surface area contributed by atoms with Gasteiger partial charge in [0.25, 0.3) is 0 Å². The van der Waals surface area contributed by atoms with E-state index in [1.54, 1.807) is 6.07 Å². The summed E-state index contributed by atoms with van der Waals surface area (Å²) in [7, 11) is 0. The van der Waals surface area contributed by atoms with Gasteiger partial charge in [-0.15, -0.1) is 0 Å². The van der Waals surface area contributed by atoms with Crippen LogP contribution in [-0.4, -0.2) is 28.5 Å². The Balaban J connectivity index is 2.08. The molecule has 1 unspecified atom stereocenters. The average Bonchev–Trinajstić information content (AvgIpc) is 2.98. The van der Waals surface area contributed by atoms with Gasteiger partial charge in [0.05, 0.1) is 17.6 Å². The second kappa shape index (κ2) is 2.90. The molecular formula is C11H10N2O2. The number of rotatable bonds is 2. The quantitative estimate of drug-likeness (QED) is 0.592. The minimum absolute atomic E-state index is 0.0594. The summed E-state index contributed by atoms with van der Waals surface area (Å²) in [6.07, 6.45) is -0.216. The standard InChI is InChI=1S/C11H10N2O2/c1-6-12-8-3-2-7(4-9(8)13-6)11(14)10-5-15-10/h2-4,10H,5H2,1H3,(H,12,13). The van der Waals surface area contributed by atoms with Crippen LogP contribution in [0.3, 0.4) is 0 Å². The molecule has 1 saturated heterocycles. The number of carbonyl (C=O) groups is 1. The average molecular weight is 202 g/mol. The summed E-state index contributed by atoms with van der Waals surface area (Å²) >= 11 is 0. The van der Waals surface area contributed by atoms with E-state index in [4.69, 9.17) is 4.74 Å². The maximum Gasteiger partial charge on any atom is 0.194 e. The van der Waals surface area contributed by atoms with Gasteiger partial charge in [0.15, 0.2) is 5.78 Å². The first kappa shape index (κ1) is 8.61. The van der Waals surface area contributed by atoms with Crippen LogP contribution in [0, 0.1) is 6.92 Å². The Kier molecular flexibility index (Phi) is 1.67. The summed E-state index contributed by atoms with van der Waals surface area (Å²) in [6.45, 7) is 2.45. The Morgan fingerprint density at radius 3 is 3.13 bits per heavy atom. The van der Waals surface area contributed by atoms with E-state index in [1.807, 2.05) is 19.1 Å². The van der Waals surface area contributed by atoms with Crippen molar-refractivity contribution in [2.24, 2.45) is 0 Å². The van der Waals surface area contributed by atoms with Crippen LogP contribution < -0.4 is 0 Å². The number of aromatic nitrogens is 2. The zero-order chi connectivity index (χ0) is 10.4. The lowest BCUT2D eigenvalue weighted by Crippen LogP contribution is -2.06. The molecule has 4 heteroatoms. The van der Waals surface area contributed by atoms with Crippen LogP contribution in [0.2, 0.25) is 0 Å². The van der Waals surface area contributed by atoms with Crippen LogP contribution in [0.5, 0.6) is 0 Å². The summed E-state index contributed by atoms with van der Waals surface area (Å²) in [5.74, 6) is 0.918. The van der Waals surface area contributed by atoms with Gasteiger partial charge in [0.2, 0.25) is 0 Å². The maximum atomic E-state index is 11.7. The van der Waals surface area contributed by atoms with E-state index in [0.717, 1.165) is 16.9 Å². The van der Waals surface area contributed by atoms with Crippen molar-refractivity contribution in [2.45, 2.75) is 13.0 Å². The monoisotopic (exact) mass is 202 g/mol.